The Morgan fingerprint density at radius 2 is 2.33 bits per heavy atom. The zero-order chi connectivity index (χ0) is 8.39. The van der Waals surface area contributed by atoms with Crippen molar-refractivity contribution in [3.63, 3.8) is 0 Å². The van der Waals surface area contributed by atoms with Crippen LogP contribution in [0, 0.1) is 0 Å². The zero-order valence-electron chi connectivity index (χ0n) is 7.71. The van der Waals surface area contributed by atoms with Gasteiger partial charge in [0.05, 0.1) is 0 Å². The highest BCUT2D eigenvalue weighted by atomic mass is 15.1. The predicted molar refractivity (Wildman–Crippen MR) is 49.2 cm³/mol. The highest BCUT2D eigenvalue weighted by Gasteiger charge is 2.10. The van der Waals surface area contributed by atoms with Gasteiger partial charge in [0.2, 0.25) is 0 Å². The molecular formula is C10H16N2. The minimum atomic E-state index is 1.12. The fourth-order valence-electron chi connectivity index (χ4n) is 1.94. The number of fused-ring (bicyclic) bond motifs is 1. The molecule has 1 aliphatic rings. The molecule has 12 heavy (non-hydrogen) atoms. The van der Waals surface area contributed by atoms with Gasteiger partial charge in [-0.05, 0) is 19.3 Å². The number of rotatable bonds is 1. The summed E-state index contributed by atoms with van der Waals surface area (Å²) in [5, 5.41) is 0. The van der Waals surface area contributed by atoms with E-state index in [0.29, 0.717) is 0 Å². The minimum absolute atomic E-state index is 1.12. The summed E-state index contributed by atoms with van der Waals surface area (Å²) in [5.41, 5.74) is 1.41. The van der Waals surface area contributed by atoms with Gasteiger partial charge in [-0.15, -0.1) is 0 Å². The molecule has 2 heterocycles. The molecule has 0 bridgehead atoms. The van der Waals surface area contributed by atoms with Gasteiger partial charge in [0.1, 0.15) is 5.82 Å². The molecule has 2 heteroatoms. The number of hydrogen-bond donors (Lipinski definition) is 0. The van der Waals surface area contributed by atoms with Crippen LogP contribution in [0.5, 0.6) is 0 Å². The second-order valence-electron chi connectivity index (χ2n) is 3.48. The molecule has 0 N–H and O–H groups in total. The van der Waals surface area contributed by atoms with E-state index >= 15 is 0 Å². The molecule has 2 rings (SSSR count). The monoisotopic (exact) mass is 164 g/mol. The molecule has 0 spiro atoms. The van der Waals surface area contributed by atoms with E-state index in [1.165, 1.54) is 43.7 Å². The minimum Gasteiger partial charge on any atom is -0.332 e. The summed E-state index contributed by atoms with van der Waals surface area (Å²) in [7, 11) is 0. The van der Waals surface area contributed by atoms with Crippen LogP contribution in [-0.2, 0) is 19.4 Å². The topological polar surface area (TPSA) is 17.8 Å². The van der Waals surface area contributed by atoms with Gasteiger partial charge >= 0.3 is 0 Å². The summed E-state index contributed by atoms with van der Waals surface area (Å²) in [5.74, 6) is 1.31. The lowest BCUT2D eigenvalue weighted by atomic mass is 10.2. The molecule has 66 valence electrons. The van der Waals surface area contributed by atoms with Crippen molar-refractivity contribution in [3.8, 4) is 0 Å². The second-order valence-corrected chi connectivity index (χ2v) is 3.48. The molecule has 0 saturated heterocycles. The van der Waals surface area contributed by atoms with Crippen LogP contribution in [0.4, 0.5) is 0 Å². The summed E-state index contributed by atoms with van der Waals surface area (Å²) in [6.07, 6.45) is 8.36. The standard InChI is InChI=1S/C10H16N2/c1-2-9-8-11-10-6-4-3-5-7-12(9)10/h8H,2-7H2,1H3. The zero-order valence-corrected chi connectivity index (χ0v) is 7.71. The maximum Gasteiger partial charge on any atom is 0.108 e. The Bertz CT molecular complexity index is 263. The maximum atomic E-state index is 4.45. The van der Waals surface area contributed by atoms with E-state index in [4.69, 9.17) is 0 Å². The van der Waals surface area contributed by atoms with Crippen molar-refractivity contribution in [1.82, 2.24) is 9.55 Å². The lowest BCUT2D eigenvalue weighted by molar-refractivity contribution is 0.615. The fourth-order valence-corrected chi connectivity index (χ4v) is 1.94. The van der Waals surface area contributed by atoms with Crippen LogP contribution in [0.25, 0.3) is 0 Å². The number of imidazole rings is 1. The van der Waals surface area contributed by atoms with Crippen LogP contribution in [0.3, 0.4) is 0 Å². The summed E-state index contributed by atoms with van der Waals surface area (Å²) in [6, 6.07) is 0. The molecule has 1 aromatic heterocycles. The summed E-state index contributed by atoms with van der Waals surface area (Å²) >= 11 is 0. The third-order valence-corrected chi connectivity index (χ3v) is 2.67. The van der Waals surface area contributed by atoms with Crippen molar-refractivity contribution in [1.29, 1.82) is 0 Å². The van der Waals surface area contributed by atoms with Gasteiger partial charge in [0, 0.05) is 24.9 Å². The lowest BCUT2D eigenvalue weighted by Crippen LogP contribution is -2.04. The van der Waals surface area contributed by atoms with E-state index in [2.05, 4.69) is 16.5 Å². The van der Waals surface area contributed by atoms with E-state index in [1.807, 2.05) is 6.20 Å². The first-order valence-electron chi connectivity index (χ1n) is 4.95. The average Bonchev–Trinajstić information content (AvgIpc) is 2.33. The van der Waals surface area contributed by atoms with Crippen molar-refractivity contribution in [2.75, 3.05) is 0 Å². The Hall–Kier alpha value is -0.790. The molecule has 0 aliphatic carbocycles. The van der Waals surface area contributed by atoms with Crippen molar-refractivity contribution >= 4 is 0 Å². The normalized spacial score (nSPS) is 17.1. The van der Waals surface area contributed by atoms with Crippen LogP contribution in [0.1, 0.15) is 37.7 Å². The molecule has 1 aromatic rings. The molecule has 0 amide bonds. The Kier molecular flexibility index (Phi) is 2.15. The molecule has 0 aromatic carbocycles. The fraction of sp³-hybridized carbons (Fsp3) is 0.700. The van der Waals surface area contributed by atoms with Crippen LogP contribution in [-0.4, -0.2) is 9.55 Å². The maximum absolute atomic E-state index is 4.45. The number of nitrogens with zero attached hydrogens (tertiary/aromatic N) is 2. The van der Waals surface area contributed by atoms with Gasteiger partial charge in [-0.2, -0.15) is 0 Å². The summed E-state index contributed by atoms with van der Waals surface area (Å²) in [6.45, 7) is 3.40. The van der Waals surface area contributed by atoms with Crippen LogP contribution >= 0.6 is 0 Å². The molecule has 0 saturated carbocycles. The first kappa shape index (κ1) is 7.84. The molecule has 0 atom stereocenters. The number of aromatic nitrogens is 2. The third-order valence-electron chi connectivity index (χ3n) is 2.67. The largest absolute Gasteiger partial charge is 0.332 e. The van der Waals surface area contributed by atoms with E-state index < -0.39 is 0 Å². The van der Waals surface area contributed by atoms with E-state index in [9.17, 15) is 0 Å². The first-order chi connectivity index (χ1) is 5.92. The molecule has 0 fully saturated rings. The van der Waals surface area contributed by atoms with Crippen molar-refractivity contribution in [3.05, 3.63) is 17.7 Å². The van der Waals surface area contributed by atoms with Gasteiger partial charge in [-0.1, -0.05) is 13.3 Å². The smallest absolute Gasteiger partial charge is 0.108 e. The number of aryl methyl sites for hydroxylation is 2. The quantitative estimate of drug-likeness (QED) is 0.622. The van der Waals surface area contributed by atoms with Gasteiger partial charge in [-0.3, -0.25) is 0 Å². The SMILES string of the molecule is CCc1cnc2n1CCCCC2. The molecule has 1 aliphatic heterocycles. The van der Waals surface area contributed by atoms with Gasteiger partial charge in [-0.25, -0.2) is 4.98 Å². The first-order valence-corrected chi connectivity index (χ1v) is 4.95. The summed E-state index contributed by atoms with van der Waals surface area (Å²) < 4.78 is 2.41. The van der Waals surface area contributed by atoms with E-state index in [-0.39, 0.29) is 0 Å². The Balaban J connectivity index is 2.32. The molecule has 2 nitrogen and oxygen atoms in total. The highest BCUT2D eigenvalue weighted by Crippen LogP contribution is 2.15. The molecular weight excluding hydrogens is 148 g/mol. The van der Waals surface area contributed by atoms with Gasteiger partial charge < -0.3 is 4.57 Å². The second kappa shape index (κ2) is 3.30. The van der Waals surface area contributed by atoms with Crippen LogP contribution in [0.15, 0.2) is 6.20 Å². The highest BCUT2D eigenvalue weighted by molar-refractivity contribution is 5.06. The van der Waals surface area contributed by atoms with Gasteiger partial charge in [0.15, 0.2) is 0 Å². The van der Waals surface area contributed by atoms with Crippen molar-refractivity contribution < 1.29 is 0 Å². The van der Waals surface area contributed by atoms with Crippen LogP contribution in [0.2, 0.25) is 0 Å². The molecule has 0 unspecified atom stereocenters. The van der Waals surface area contributed by atoms with E-state index in [0.717, 1.165) is 6.42 Å². The van der Waals surface area contributed by atoms with Crippen molar-refractivity contribution in [2.45, 2.75) is 45.6 Å². The Morgan fingerprint density at radius 1 is 1.42 bits per heavy atom. The Morgan fingerprint density at radius 3 is 3.17 bits per heavy atom. The van der Waals surface area contributed by atoms with E-state index in [1.54, 1.807) is 0 Å². The van der Waals surface area contributed by atoms with Crippen molar-refractivity contribution in [2.24, 2.45) is 0 Å². The Labute approximate surface area is 73.6 Å². The predicted octanol–water partition coefficient (Wildman–Crippen LogP) is 2.17. The van der Waals surface area contributed by atoms with Crippen LogP contribution < -0.4 is 0 Å². The summed E-state index contributed by atoms with van der Waals surface area (Å²) in [4.78, 5) is 4.45. The lowest BCUT2D eigenvalue weighted by Gasteiger charge is -2.05. The third kappa shape index (κ3) is 1.26. The average molecular weight is 164 g/mol. The van der Waals surface area contributed by atoms with Gasteiger partial charge in [0.25, 0.3) is 0 Å². The molecule has 0 radical (unpaired) electrons. The number of hydrogen-bond acceptors (Lipinski definition) is 1.